The number of rotatable bonds is 5. The molecule has 0 spiro atoms. The van der Waals surface area contributed by atoms with Gasteiger partial charge in [0.05, 0.1) is 6.04 Å². The number of benzene rings is 1. The second-order valence-electron chi connectivity index (χ2n) is 7.76. The lowest BCUT2D eigenvalue weighted by Gasteiger charge is -2.26. The highest BCUT2D eigenvalue weighted by Crippen LogP contribution is 2.33. The third-order valence-corrected chi connectivity index (χ3v) is 5.55. The summed E-state index contributed by atoms with van der Waals surface area (Å²) in [7, 11) is 0. The second-order valence-corrected chi connectivity index (χ2v) is 7.76. The molecule has 3 atom stereocenters. The Hall–Kier alpha value is -2.30. The minimum absolute atomic E-state index is 0.00574. The Balaban J connectivity index is 1.57. The smallest absolute Gasteiger partial charge is 0.340 e. The quantitative estimate of drug-likeness (QED) is 0.526. The van der Waals surface area contributed by atoms with Crippen LogP contribution in [0.5, 0.6) is 0 Å². The van der Waals surface area contributed by atoms with Crippen molar-refractivity contribution in [1.82, 2.24) is 15.5 Å². The van der Waals surface area contributed by atoms with E-state index in [0.717, 1.165) is 4.90 Å². The molecule has 165 valence electrons. The van der Waals surface area contributed by atoms with E-state index in [4.69, 9.17) is 5.73 Å². The summed E-state index contributed by atoms with van der Waals surface area (Å²) in [6.45, 7) is 0.515. The standard InChI is InChI=1S/C19H20F6N3O2/c20-13-6-15(22)14(21)4-11(13)3-12(26)5-17(29)28-2-1-10-8-27(9-16(10)28)18(30)7-19(23,24)25/h4,6,10,12,16,26H,1-3,5,7-9H2/t10-,12+,16+/m0/s1. The summed E-state index contributed by atoms with van der Waals surface area (Å²) in [4.78, 5) is 27.0. The average Bonchev–Trinajstić information content (AvgIpc) is 3.18. The number of likely N-dealkylation sites (tertiary alicyclic amines) is 2. The number of nitrogens with zero attached hydrogens (tertiary/aromatic N) is 2. The summed E-state index contributed by atoms with van der Waals surface area (Å²) in [5, 5.41) is 0. The highest BCUT2D eigenvalue weighted by Gasteiger charge is 2.46. The summed E-state index contributed by atoms with van der Waals surface area (Å²) in [6.07, 6.45) is -6.22. The molecule has 1 N–H and O–H groups in total. The number of hydrogen-bond acceptors (Lipinski definition) is 2. The van der Waals surface area contributed by atoms with E-state index < -0.39 is 53.9 Å². The van der Waals surface area contributed by atoms with Crippen LogP contribution in [-0.2, 0) is 16.0 Å². The van der Waals surface area contributed by atoms with Crippen molar-refractivity contribution in [3.05, 3.63) is 35.1 Å². The molecule has 5 nitrogen and oxygen atoms in total. The molecule has 30 heavy (non-hydrogen) atoms. The minimum Gasteiger partial charge on any atom is -0.340 e. The molecule has 1 radical (unpaired) electrons. The van der Waals surface area contributed by atoms with Gasteiger partial charge in [-0.1, -0.05) is 0 Å². The third kappa shape index (κ3) is 5.05. The maximum absolute atomic E-state index is 13.7. The molecule has 3 rings (SSSR count). The van der Waals surface area contributed by atoms with Crippen LogP contribution < -0.4 is 5.73 Å². The van der Waals surface area contributed by atoms with E-state index in [1.165, 1.54) is 4.90 Å². The summed E-state index contributed by atoms with van der Waals surface area (Å²) in [5.74, 6) is -5.19. The summed E-state index contributed by atoms with van der Waals surface area (Å²) in [5.41, 5.74) is 7.78. The lowest BCUT2D eigenvalue weighted by Crippen LogP contribution is -2.42. The zero-order valence-electron chi connectivity index (χ0n) is 15.8. The highest BCUT2D eigenvalue weighted by molar-refractivity contribution is 5.79. The van der Waals surface area contributed by atoms with Crippen molar-refractivity contribution in [1.29, 1.82) is 0 Å². The van der Waals surface area contributed by atoms with E-state index in [-0.39, 0.29) is 37.4 Å². The molecule has 2 heterocycles. The summed E-state index contributed by atoms with van der Waals surface area (Å²) < 4.78 is 77.4. The zero-order chi connectivity index (χ0) is 22.2. The topological polar surface area (TPSA) is 64.4 Å². The maximum Gasteiger partial charge on any atom is 0.397 e. The van der Waals surface area contributed by atoms with E-state index in [9.17, 15) is 35.9 Å². The number of carbonyl (C=O) groups is 2. The van der Waals surface area contributed by atoms with Gasteiger partial charge in [0, 0.05) is 44.1 Å². The SMILES string of the molecule is [NH][C@@H](CC(=O)N1CC[C@H]2CN(C(=O)CC(F)(F)F)C[C@H]21)Cc1cc(F)c(F)cc1F. The molecule has 1 aromatic carbocycles. The van der Waals surface area contributed by atoms with Gasteiger partial charge >= 0.3 is 6.18 Å². The summed E-state index contributed by atoms with van der Waals surface area (Å²) >= 11 is 0. The van der Waals surface area contributed by atoms with Crippen LogP contribution in [0.4, 0.5) is 26.3 Å². The van der Waals surface area contributed by atoms with Gasteiger partial charge in [0.2, 0.25) is 11.8 Å². The highest BCUT2D eigenvalue weighted by atomic mass is 19.4. The fourth-order valence-electron chi connectivity index (χ4n) is 4.14. The first kappa shape index (κ1) is 22.4. The number of carbonyl (C=O) groups excluding carboxylic acids is 2. The first-order valence-electron chi connectivity index (χ1n) is 9.43. The molecule has 0 aliphatic carbocycles. The Morgan fingerprint density at radius 1 is 1.07 bits per heavy atom. The predicted molar refractivity (Wildman–Crippen MR) is 92.4 cm³/mol. The average molecular weight is 436 g/mol. The van der Waals surface area contributed by atoms with Crippen LogP contribution in [0.25, 0.3) is 0 Å². The van der Waals surface area contributed by atoms with Crippen molar-refractivity contribution < 1.29 is 35.9 Å². The van der Waals surface area contributed by atoms with Crippen LogP contribution in [0.3, 0.4) is 0 Å². The first-order chi connectivity index (χ1) is 13.9. The Morgan fingerprint density at radius 2 is 1.73 bits per heavy atom. The van der Waals surface area contributed by atoms with Crippen LogP contribution in [0.2, 0.25) is 0 Å². The maximum atomic E-state index is 13.7. The number of amides is 2. The molecule has 2 saturated heterocycles. The van der Waals surface area contributed by atoms with Crippen LogP contribution in [0.15, 0.2) is 12.1 Å². The molecule has 0 saturated carbocycles. The molecule has 0 unspecified atom stereocenters. The lowest BCUT2D eigenvalue weighted by atomic mass is 10.0. The number of fused-ring (bicyclic) bond motifs is 1. The normalized spacial score (nSPS) is 22.4. The molecular weight excluding hydrogens is 416 g/mol. The number of halogens is 6. The van der Waals surface area contributed by atoms with Crippen molar-refractivity contribution in [2.75, 3.05) is 19.6 Å². The van der Waals surface area contributed by atoms with Crippen LogP contribution in [0, 0.1) is 23.4 Å². The number of alkyl halides is 3. The van der Waals surface area contributed by atoms with Gasteiger partial charge in [0.25, 0.3) is 0 Å². The third-order valence-electron chi connectivity index (χ3n) is 5.55. The van der Waals surface area contributed by atoms with E-state index in [1.807, 2.05) is 0 Å². The van der Waals surface area contributed by atoms with Gasteiger partial charge in [-0.05, 0) is 24.5 Å². The predicted octanol–water partition coefficient (Wildman–Crippen LogP) is 2.70. The van der Waals surface area contributed by atoms with Gasteiger partial charge in [0.15, 0.2) is 11.6 Å². The molecule has 0 aromatic heterocycles. The van der Waals surface area contributed by atoms with Crippen molar-refractivity contribution >= 4 is 11.8 Å². The van der Waals surface area contributed by atoms with Crippen LogP contribution in [0.1, 0.15) is 24.8 Å². The Kier molecular flexibility index (Phi) is 6.30. The monoisotopic (exact) mass is 436 g/mol. The molecular formula is C19H20F6N3O2. The van der Waals surface area contributed by atoms with Crippen LogP contribution in [-0.4, -0.2) is 59.5 Å². The fraction of sp³-hybridized carbons (Fsp3) is 0.579. The Labute approximate surface area is 168 Å². The van der Waals surface area contributed by atoms with Gasteiger partial charge in [-0.25, -0.2) is 13.2 Å². The molecule has 2 aliphatic heterocycles. The van der Waals surface area contributed by atoms with Gasteiger partial charge in [0.1, 0.15) is 12.2 Å². The largest absolute Gasteiger partial charge is 0.397 e. The number of nitrogens with one attached hydrogen (secondary N) is 1. The Bertz CT molecular complexity index is 831. The molecule has 11 heteroatoms. The van der Waals surface area contributed by atoms with Crippen molar-refractivity contribution in [3.63, 3.8) is 0 Å². The van der Waals surface area contributed by atoms with E-state index >= 15 is 0 Å². The molecule has 0 bridgehead atoms. The lowest BCUT2D eigenvalue weighted by molar-refractivity contribution is -0.161. The molecule has 1 aromatic rings. The molecule has 2 fully saturated rings. The van der Waals surface area contributed by atoms with E-state index in [1.54, 1.807) is 0 Å². The van der Waals surface area contributed by atoms with Gasteiger partial charge in [-0.15, -0.1) is 0 Å². The van der Waals surface area contributed by atoms with Crippen molar-refractivity contribution in [2.24, 2.45) is 5.92 Å². The fourth-order valence-corrected chi connectivity index (χ4v) is 4.14. The Morgan fingerprint density at radius 3 is 2.40 bits per heavy atom. The van der Waals surface area contributed by atoms with E-state index in [0.29, 0.717) is 25.1 Å². The zero-order valence-corrected chi connectivity index (χ0v) is 15.8. The number of hydrogen-bond donors (Lipinski definition) is 0. The summed E-state index contributed by atoms with van der Waals surface area (Å²) in [6, 6.07) is -0.485. The van der Waals surface area contributed by atoms with Gasteiger partial charge in [-0.2, -0.15) is 13.2 Å². The molecule has 2 aliphatic rings. The minimum atomic E-state index is -4.60. The van der Waals surface area contributed by atoms with Crippen molar-refractivity contribution in [2.45, 2.75) is 43.9 Å². The molecule has 2 amide bonds. The van der Waals surface area contributed by atoms with E-state index in [2.05, 4.69) is 0 Å². The van der Waals surface area contributed by atoms with Gasteiger partial charge < -0.3 is 9.80 Å². The van der Waals surface area contributed by atoms with Crippen molar-refractivity contribution in [3.8, 4) is 0 Å². The van der Waals surface area contributed by atoms with Crippen LogP contribution >= 0.6 is 0 Å². The van der Waals surface area contributed by atoms with Gasteiger partial charge in [-0.3, -0.25) is 15.3 Å². The second kappa shape index (κ2) is 8.44. The first-order valence-corrected chi connectivity index (χ1v) is 9.43.